The number of nitrogens with one attached hydrogen (secondary N) is 2. The fourth-order valence-electron chi connectivity index (χ4n) is 12.3. The predicted molar refractivity (Wildman–Crippen MR) is 350 cm³/mol. The summed E-state index contributed by atoms with van der Waals surface area (Å²) < 4.78 is 91.1. The van der Waals surface area contributed by atoms with Gasteiger partial charge in [-0.15, -0.1) is 0 Å². The molecule has 19 heteroatoms. The second-order valence-corrected chi connectivity index (χ2v) is 28.7. The lowest BCUT2D eigenvalue weighted by molar-refractivity contribution is 0.0986. The summed E-state index contributed by atoms with van der Waals surface area (Å²) in [4.78, 5) is 42.2. The summed E-state index contributed by atoms with van der Waals surface area (Å²) in [5.41, 5.74) is 8.90. The molecule has 3 amide bonds. The van der Waals surface area contributed by atoms with Crippen LogP contribution in [0.3, 0.4) is 0 Å². The van der Waals surface area contributed by atoms with Crippen LogP contribution in [0.15, 0.2) is 233 Å². The molecule has 3 unspecified atom stereocenters. The van der Waals surface area contributed by atoms with Gasteiger partial charge >= 0.3 is 0 Å². The maximum atomic E-state index is 14.7. The molecule has 3 aliphatic rings. The number of amides is 3. The first-order chi connectivity index (χ1) is 42.8. The fourth-order valence-corrected chi connectivity index (χ4v) is 17.0. The molecule has 0 bridgehead atoms. The minimum Gasteiger partial charge on any atom is -0.322 e. The molecule has 89 heavy (non-hydrogen) atoms. The normalized spacial score (nSPS) is 15.9. The molecule has 3 atom stereocenters. The molecular formula is C70H63ClN6O9S3. The molecular weight excluding hydrogens is 1200 g/mol. The molecule has 0 aliphatic carbocycles. The van der Waals surface area contributed by atoms with Crippen molar-refractivity contribution in [3.05, 3.63) is 268 Å². The highest BCUT2D eigenvalue weighted by Gasteiger charge is 2.38. The Morgan fingerprint density at radius 3 is 1.65 bits per heavy atom. The van der Waals surface area contributed by atoms with E-state index in [0.29, 0.717) is 69.5 Å². The lowest BCUT2D eigenvalue weighted by Gasteiger charge is -2.37. The lowest BCUT2D eigenvalue weighted by Crippen LogP contribution is -2.41. The highest BCUT2D eigenvalue weighted by atomic mass is 35.5. The number of aryl methyl sites for hydroxylation is 1. The summed E-state index contributed by atoms with van der Waals surface area (Å²) in [7, 11) is -12.3. The molecule has 0 saturated heterocycles. The number of para-hydroxylation sites is 4. The molecule has 3 heterocycles. The smallest absolute Gasteiger partial charge is 0.264 e. The predicted octanol–water partition coefficient (Wildman–Crippen LogP) is 13.8. The largest absolute Gasteiger partial charge is 0.322 e. The van der Waals surface area contributed by atoms with Crippen LogP contribution in [0.1, 0.15) is 103 Å². The van der Waals surface area contributed by atoms with Gasteiger partial charge in [0.05, 0.1) is 31.7 Å². The number of halogens is 1. The van der Waals surface area contributed by atoms with Crippen molar-refractivity contribution in [2.24, 2.45) is 0 Å². The molecule has 0 spiro atoms. The molecule has 0 aromatic heterocycles. The van der Waals surface area contributed by atoms with Crippen LogP contribution < -0.4 is 28.4 Å². The Morgan fingerprint density at radius 2 is 1.04 bits per heavy atom. The summed E-state index contributed by atoms with van der Waals surface area (Å²) in [5, 5.41) is 6.27. The van der Waals surface area contributed by atoms with Crippen LogP contribution in [0.5, 0.6) is 0 Å². The van der Waals surface area contributed by atoms with Crippen molar-refractivity contribution in [1.29, 1.82) is 0 Å². The quantitative estimate of drug-likeness (QED) is 0.0893. The van der Waals surface area contributed by atoms with E-state index in [1.165, 1.54) is 73.6 Å². The third-order valence-corrected chi connectivity index (χ3v) is 22.8. The molecule has 12 rings (SSSR count). The molecule has 0 fully saturated rings. The van der Waals surface area contributed by atoms with Crippen LogP contribution in [-0.2, 0) is 36.5 Å². The molecule has 9 aromatic rings. The van der Waals surface area contributed by atoms with Crippen molar-refractivity contribution in [2.75, 3.05) is 54.6 Å². The van der Waals surface area contributed by atoms with Crippen molar-refractivity contribution in [1.82, 2.24) is 0 Å². The molecule has 452 valence electrons. The standard InChI is InChI=1S/C70H63ClN6O9S3/c1-47-20-29-56(71)45-64(47)73-69(79)52-25-34-60(35-26-52)87(81,82)75-42-39-54(62-15-7-10-18-66(62)75)44-48(2)49-21-30-57(31-22-49)72-68(78)51-23-32-59(33-24-51)88(83,84)76-43-40-55(63-16-8-11-19-67(63)76)46-77(58-13-4-3-5-14-58)89(85,86)61-36-27-53(28-37-61)70(80)74-41-38-50-12-6-9-17-65(50)74/h3-37,45,48,54-55H,38-44,46H2,1-2H3,(H,72,78)(H,73,79). The van der Waals surface area contributed by atoms with Gasteiger partial charge in [0, 0.05) is 70.9 Å². The van der Waals surface area contributed by atoms with Gasteiger partial charge in [-0.2, -0.15) is 0 Å². The van der Waals surface area contributed by atoms with Crippen LogP contribution in [0.2, 0.25) is 5.02 Å². The average Bonchev–Trinajstić information content (AvgIpc) is 1.51. The number of rotatable bonds is 17. The van der Waals surface area contributed by atoms with Gasteiger partial charge in [-0.3, -0.25) is 27.3 Å². The zero-order chi connectivity index (χ0) is 62.2. The number of sulfonamides is 3. The van der Waals surface area contributed by atoms with Gasteiger partial charge < -0.3 is 15.5 Å². The van der Waals surface area contributed by atoms with Crippen LogP contribution in [0.4, 0.5) is 34.1 Å². The summed E-state index contributed by atoms with van der Waals surface area (Å²) >= 11 is 6.14. The van der Waals surface area contributed by atoms with Crippen molar-refractivity contribution in [3.8, 4) is 0 Å². The van der Waals surface area contributed by atoms with Crippen LogP contribution in [0, 0.1) is 6.92 Å². The Morgan fingerprint density at radius 1 is 0.539 bits per heavy atom. The van der Waals surface area contributed by atoms with Gasteiger partial charge in [-0.05, 0) is 200 Å². The Hall–Kier alpha value is -9.07. The highest BCUT2D eigenvalue weighted by Crippen LogP contribution is 2.44. The number of hydrogen-bond donors (Lipinski definition) is 2. The Balaban J connectivity index is 0.676. The summed E-state index contributed by atoms with van der Waals surface area (Å²) in [6.07, 6.45) is 2.36. The third-order valence-electron chi connectivity index (χ3n) is 17.1. The molecule has 0 saturated carbocycles. The van der Waals surface area contributed by atoms with Gasteiger partial charge in [-0.1, -0.05) is 110 Å². The highest BCUT2D eigenvalue weighted by molar-refractivity contribution is 7.93. The minimum absolute atomic E-state index is 0.00974. The van der Waals surface area contributed by atoms with Crippen LogP contribution in [-0.4, -0.2) is 69.2 Å². The van der Waals surface area contributed by atoms with Crippen molar-refractivity contribution >= 4 is 93.5 Å². The first kappa shape index (κ1) is 60.2. The van der Waals surface area contributed by atoms with E-state index in [1.54, 1.807) is 77.7 Å². The minimum atomic E-state index is -4.20. The number of fused-ring (bicyclic) bond motifs is 3. The first-order valence-corrected chi connectivity index (χ1v) is 34.0. The number of carbonyl (C=O) groups excluding carboxylic acids is 3. The molecule has 2 N–H and O–H groups in total. The van der Waals surface area contributed by atoms with Crippen molar-refractivity contribution in [2.45, 2.75) is 72.0 Å². The first-order valence-electron chi connectivity index (χ1n) is 29.3. The maximum absolute atomic E-state index is 14.7. The lowest BCUT2D eigenvalue weighted by atomic mass is 9.82. The van der Waals surface area contributed by atoms with E-state index in [0.717, 1.165) is 40.8 Å². The van der Waals surface area contributed by atoms with Crippen LogP contribution in [0.25, 0.3) is 0 Å². The van der Waals surface area contributed by atoms with Gasteiger partial charge in [0.2, 0.25) is 0 Å². The summed E-state index contributed by atoms with van der Waals surface area (Å²) in [6.45, 7) is 4.85. The number of anilines is 6. The topological polar surface area (TPSA) is 191 Å². The van der Waals surface area contributed by atoms with Gasteiger partial charge in [-0.25, -0.2) is 25.3 Å². The molecule has 0 radical (unpaired) electrons. The average molecular weight is 1260 g/mol. The monoisotopic (exact) mass is 1260 g/mol. The number of hydrogen-bond acceptors (Lipinski definition) is 9. The van der Waals surface area contributed by atoms with E-state index in [4.69, 9.17) is 11.6 Å². The van der Waals surface area contributed by atoms with E-state index in [2.05, 4.69) is 17.6 Å². The third kappa shape index (κ3) is 12.2. The van der Waals surface area contributed by atoms with Gasteiger partial charge in [0.1, 0.15) is 0 Å². The zero-order valence-corrected chi connectivity index (χ0v) is 51.9. The van der Waals surface area contributed by atoms with E-state index in [-0.39, 0.29) is 63.5 Å². The van der Waals surface area contributed by atoms with Gasteiger partial charge in [0.15, 0.2) is 0 Å². The van der Waals surface area contributed by atoms with E-state index in [9.17, 15) is 39.6 Å². The molecule has 3 aliphatic heterocycles. The van der Waals surface area contributed by atoms with Crippen LogP contribution >= 0.6 is 11.6 Å². The number of nitrogens with zero attached hydrogens (tertiary/aromatic N) is 4. The number of carbonyl (C=O) groups is 3. The summed E-state index contributed by atoms with van der Waals surface area (Å²) in [6, 6.07) is 61.7. The Bertz CT molecular complexity index is 4520. The maximum Gasteiger partial charge on any atom is 0.264 e. The van der Waals surface area contributed by atoms with E-state index < -0.39 is 41.9 Å². The Labute approximate surface area is 524 Å². The fraction of sp³-hybridized carbons (Fsp3) is 0.186. The SMILES string of the molecule is Cc1ccc(Cl)cc1NC(=O)c1ccc(S(=O)(=O)N2CCC(CC(C)c3ccc(NC(=O)c4ccc(S(=O)(=O)N5CCC(CN(c6ccccc6)S(=O)(=O)c6ccc(C(=O)N7CCc8ccccc87)cc6)c6ccccc65)cc4)cc3)c3ccccc32)cc1. The molecule has 15 nitrogen and oxygen atoms in total. The van der Waals surface area contributed by atoms with E-state index >= 15 is 0 Å². The van der Waals surface area contributed by atoms with E-state index in [1.807, 2.05) is 91.9 Å². The Kier molecular flexibility index (Phi) is 16.8. The zero-order valence-electron chi connectivity index (χ0n) is 48.7. The van der Waals surface area contributed by atoms with Gasteiger partial charge in [0.25, 0.3) is 47.8 Å². The van der Waals surface area contributed by atoms with Crippen molar-refractivity contribution < 1.29 is 39.6 Å². The second kappa shape index (κ2) is 24.8. The summed E-state index contributed by atoms with van der Waals surface area (Å²) in [5.74, 6) is -1.32. The number of benzene rings is 9. The second-order valence-electron chi connectivity index (χ2n) is 22.6. The molecule has 9 aromatic carbocycles. The van der Waals surface area contributed by atoms with Crippen molar-refractivity contribution in [3.63, 3.8) is 0 Å².